The van der Waals surface area contributed by atoms with Gasteiger partial charge in [-0.2, -0.15) is 0 Å². The highest BCUT2D eigenvalue weighted by Gasteiger charge is 2.34. The second-order valence-corrected chi connectivity index (χ2v) is 6.20. The Morgan fingerprint density at radius 3 is 2.50 bits per heavy atom. The van der Waals surface area contributed by atoms with Crippen molar-refractivity contribution in [2.24, 2.45) is 0 Å². The molecule has 0 bridgehead atoms. The van der Waals surface area contributed by atoms with E-state index in [0.717, 1.165) is 16.9 Å². The van der Waals surface area contributed by atoms with Crippen LogP contribution in [0.3, 0.4) is 0 Å². The van der Waals surface area contributed by atoms with Crippen LogP contribution in [0.15, 0.2) is 59.8 Å². The molecule has 2 aromatic carbocycles. The molecule has 1 heterocycles. The summed E-state index contributed by atoms with van der Waals surface area (Å²) < 4.78 is 10.2. The Morgan fingerprint density at radius 2 is 1.86 bits per heavy atom. The number of aliphatic hydroxyl groups excluding tert-OH is 1. The lowest BCUT2D eigenvalue weighted by atomic mass is 10.0. The number of benzene rings is 2. The first kappa shape index (κ1) is 19.4. The first-order valence-electron chi connectivity index (χ1n) is 8.81. The summed E-state index contributed by atoms with van der Waals surface area (Å²) in [5, 5.41) is 12.2. The number of anilines is 1. The second kappa shape index (κ2) is 8.58. The van der Waals surface area contributed by atoms with Crippen molar-refractivity contribution in [1.29, 1.82) is 0 Å². The molecule has 0 aromatic heterocycles. The summed E-state index contributed by atoms with van der Waals surface area (Å²) in [6.45, 7) is 0.0754. The molecule has 7 heteroatoms. The van der Waals surface area contributed by atoms with Crippen molar-refractivity contribution >= 4 is 17.6 Å². The molecule has 7 nitrogen and oxygen atoms in total. The zero-order valence-electron chi connectivity index (χ0n) is 15.8. The number of carbonyl (C=O) groups is 2. The van der Waals surface area contributed by atoms with Gasteiger partial charge in [-0.1, -0.05) is 30.3 Å². The smallest absolute Gasteiger partial charge is 0.337 e. The third kappa shape index (κ3) is 3.84. The Bertz CT molecular complexity index is 905. The molecule has 2 N–H and O–H groups in total. The zero-order chi connectivity index (χ0) is 20.1. The minimum absolute atomic E-state index is 0.105. The number of β-amino-alcohol motifs (C(OH)–C–C–N with tert-alkyl or cyclic N) is 1. The number of esters is 1. The van der Waals surface area contributed by atoms with Crippen LogP contribution >= 0.6 is 0 Å². The summed E-state index contributed by atoms with van der Waals surface area (Å²) in [5.41, 5.74) is 3.00. The number of para-hydroxylation sites is 1. The Morgan fingerprint density at radius 1 is 1.14 bits per heavy atom. The fourth-order valence-electron chi connectivity index (χ4n) is 3.11. The Kier molecular flexibility index (Phi) is 5.96. The SMILES string of the molecule is COC(=O)C1=C(Nc2ccc(-c3ccccc3OC)cc2)C(=O)N(CCO)C1. The number of carbonyl (C=O) groups excluding carboxylic acids is 2. The number of hydrogen-bond acceptors (Lipinski definition) is 6. The molecular weight excluding hydrogens is 360 g/mol. The highest BCUT2D eigenvalue weighted by molar-refractivity contribution is 6.08. The number of ether oxygens (including phenoxy) is 2. The molecule has 28 heavy (non-hydrogen) atoms. The van der Waals surface area contributed by atoms with Crippen molar-refractivity contribution in [1.82, 2.24) is 4.90 Å². The third-order valence-corrected chi connectivity index (χ3v) is 4.53. The van der Waals surface area contributed by atoms with Crippen molar-refractivity contribution < 1.29 is 24.2 Å². The number of methoxy groups -OCH3 is 2. The van der Waals surface area contributed by atoms with Crippen molar-refractivity contribution in [2.45, 2.75) is 0 Å². The summed E-state index contributed by atoms with van der Waals surface area (Å²) in [6, 6.07) is 15.2. The topological polar surface area (TPSA) is 88.1 Å². The van der Waals surface area contributed by atoms with Gasteiger partial charge in [-0.3, -0.25) is 4.79 Å². The molecule has 0 unspecified atom stereocenters. The Hall–Kier alpha value is -3.32. The van der Waals surface area contributed by atoms with Crippen LogP contribution in [-0.2, 0) is 14.3 Å². The molecule has 0 saturated heterocycles. The molecule has 0 fully saturated rings. The molecule has 1 aliphatic heterocycles. The van der Waals surface area contributed by atoms with E-state index in [2.05, 4.69) is 5.32 Å². The van der Waals surface area contributed by atoms with Crippen LogP contribution in [0.1, 0.15) is 0 Å². The second-order valence-electron chi connectivity index (χ2n) is 6.20. The number of hydrogen-bond donors (Lipinski definition) is 2. The maximum atomic E-state index is 12.6. The number of rotatable bonds is 7. The van der Waals surface area contributed by atoms with Gasteiger partial charge in [0.15, 0.2) is 0 Å². The van der Waals surface area contributed by atoms with Gasteiger partial charge in [0.25, 0.3) is 5.91 Å². The van der Waals surface area contributed by atoms with Crippen LogP contribution in [-0.4, -0.2) is 55.8 Å². The van der Waals surface area contributed by atoms with Crippen LogP contribution in [0.25, 0.3) is 11.1 Å². The van der Waals surface area contributed by atoms with Crippen LogP contribution in [0, 0.1) is 0 Å². The van der Waals surface area contributed by atoms with Crippen molar-refractivity contribution in [3.63, 3.8) is 0 Å². The van der Waals surface area contributed by atoms with Gasteiger partial charge < -0.3 is 24.8 Å². The highest BCUT2D eigenvalue weighted by Crippen LogP contribution is 2.31. The number of nitrogens with one attached hydrogen (secondary N) is 1. The molecule has 3 rings (SSSR count). The van der Waals surface area contributed by atoms with Gasteiger partial charge in [-0.25, -0.2) is 4.79 Å². The summed E-state index contributed by atoms with van der Waals surface area (Å²) in [4.78, 5) is 26.0. The largest absolute Gasteiger partial charge is 0.496 e. The summed E-state index contributed by atoms with van der Waals surface area (Å²) in [6.07, 6.45) is 0. The highest BCUT2D eigenvalue weighted by atomic mass is 16.5. The Labute approximate surface area is 163 Å². The minimum atomic E-state index is -0.568. The van der Waals surface area contributed by atoms with E-state index in [-0.39, 0.29) is 36.9 Å². The minimum Gasteiger partial charge on any atom is -0.496 e. The number of nitrogens with zero attached hydrogens (tertiary/aromatic N) is 1. The van der Waals surface area contributed by atoms with Crippen molar-refractivity contribution in [2.75, 3.05) is 39.2 Å². The fourth-order valence-corrected chi connectivity index (χ4v) is 3.11. The van der Waals surface area contributed by atoms with Gasteiger partial charge in [0.05, 0.1) is 32.9 Å². The van der Waals surface area contributed by atoms with Gasteiger partial charge in [0.2, 0.25) is 0 Å². The molecule has 0 aliphatic carbocycles. The van der Waals surface area contributed by atoms with E-state index < -0.39 is 5.97 Å². The predicted molar refractivity (Wildman–Crippen MR) is 105 cm³/mol. The van der Waals surface area contributed by atoms with Gasteiger partial charge in [-0.15, -0.1) is 0 Å². The summed E-state index contributed by atoms with van der Waals surface area (Å²) >= 11 is 0. The summed E-state index contributed by atoms with van der Waals surface area (Å²) in [5.74, 6) is -0.144. The normalized spacial score (nSPS) is 13.7. The van der Waals surface area contributed by atoms with E-state index >= 15 is 0 Å². The lowest BCUT2D eigenvalue weighted by molar-refractivity contribution is -0.136. The first-order chi connectivity index (χ1) is 13.6. The van der Waals surface area contributed by atoms with Crippen LogP contribution in [0.2, 0.25) is 0 Å². The molecular formula is C21H22N2O5. The van der Waals surface area contributed by atoms with E-state index in [0.29, 0.717) is 5.69 Å². The van der Waals surface area contributed by atoms with Gasteiger partial charge in [0.1, 0.15) is 11.4 Å². The molecule has 1 amide bonds. The zero-order valence-corrected chi connectivity index (χ0v) is 15.8. The average Bonchev–Trinajstić information content (AvgIpc) is 3.04. The molecule has 0 radical (unpaired) electrons. The van der Waals surface area contributed by atoms with Crippen LogP contribution in [0.4, 0.5) is 5.69 Å². The monoisotopic (exact) mass is 382 g/mol. The quantitative estimate of drug-likeness (QED) is 0.713. The van der Waals surface area contributed by atoms with Gasteiger partial charge >= 0.3 is 5.97 Å². The molecule has 2 aromatic rings. The van der Waals surface area contributed by atoms with E-state index in [1.807, 2.05) is 48.5 Å². The Balaban J connectivity index is 1.86. The van der Waals surface area contributed by atoms with E-state index in [1.165, 1.54) is 12.0 Å². The summed E-state index contributed by atoms with van der Waals surface area (Å²) in [7, 11) is 2.90. The first-order valence-corrected chi connectivity index (χ1v) is 8.81. The van der Waals surface area contributed by atoms with Gasteiger partial charge in [-0.05, 0) is 23.8 Å². The number of aliphatic hydroxyl groups is 1. The van der Waals surface area contributed by atoms with E-state index in [9.17, 15) is 9.59 Å². The molecule has 0 spiro atoms. The molecule has 0 atom stereocenters. The van der Waals surface area contributed by atoms with Crippen molar-refractivity contribution in [3.05, 3.63) is 59.8 Å². The van der Waals surface area contributed by atoms with Crippen molar-refractivity contribution in [3.8, 4) is 16.9 Å². The molecule has 1 aliphatic rings. The third-order valence-electron chi connectivity index (χ3n) is 4.53. The predicted octanol–water partition coefficient (Wildman–Crippen LogP) is 2.04. The lowest BCUT2D eigenvalue weighted by Crippen LogP contribution is -2.31. The maximum absolute atomic E-state index is 12.6. The van der Waals surface area contributed by atoms with E-state index in [1.54, 1.807) is 7.11 Å². The lowest BCUT2D eigenvalue weighted by Gasteiger charge is -2.15. The molecule has 146 valence electrons. The number of amides is 1. The van der Waals surface area contributed by atoms with E-state index in [4.69, 9.17) is 14.6 Å². The maximum Gasteiger partial charge on any atom is 0.337 e. The fraction of sp³-hybridized carbons (Fsp3) is 0.238. The average molecular weight is 382 g/mol. The standard InChI is InChI=1S/C21H22N2O5/c1-27-18-6-4-3-5-16(18)14-7-9-15(10-8-14)22-19-17(21(26)28-2)13-23(11-12-24)20(19)25/h3-10,22,24H,11-13H2,1-2H3. The van der Waals surface area contributed by atoms with Crippen LogP contribution < -0.4 is 10.1 Å². The van der Waals surface area contributed by atoms with Crippen LogP contribution in [0.5, 0.6) is 5.75 Å². The van der Waals surface area contributed by atoms with Gasteiger partial charge in [0, 0.05) is 17.8 Å². The molecule has 0 saturated carbocycles.